The fourth-order valence-corrected chi connectivity index (χ4v) is 0.985. The lowest BCUT2D eigenvalue weighted by Gasteiger charge is -1.98. The number of aliphatic carboxylic acids is 1. The van der Waals surface area contributed by atoms with Gasteiger partial charge in [-0.05, 0) is 13.8 Å². The number of hydrogen-bond acceptors (Lipinski definition) is 3. The van der Waals surface area contributed by atoms with Gasteiger partial charge in [0.15, 0.2) is 0 Å². The molecule has 4 nitrogen and oxygen atoms in total. The summed E-state index contributed by atoms with van der Waals surface area (Å²) in [5.41, 5.74) is 0. The molecular formula is C5H9O4P. The standard InChI is InChI=1S/C5H9O4P/c1-4(2)9-10(8)3-5(6)7/h3-4H,1-2H3,(H,6,7). The fraction of sp³-hybridized carbons (Fsp3) is 0.600. The number of carbonyl (C=O) groups is 1. The van der Waals surface area contributed by atoms with Crippen molar-refractivity contribution in [1.82, 2.24) is 0 Å². The Kier molecular flexibility index (Phi) is 4.19. The van der Waals surface area contributed by atoms with Crippen LogP contribution in [0.4, 0.5) is 0 Å². The molecule has 0 amide bonds. The highest BCUT2D eigenvalue weighted by Crippen LogP contribution is 2.13. The average Bonchev–Trinajstić information content (AvgIpc) is 1.58. The lowest BCUT2D eigenvalue weighted by Crippen LogP contribution is -2.06. The molecule has 0 saturated heterocycles. The van der Waals surface area contributed by atoms with Crippen LogP contribution in [0.25, 0.3) is 0 Å². The Hall–Kier alpha value is -0.440. The molecule has 0 aliphatic carbocycles. The van der Waals surface area contributed by atoms with Gasteiger partial charge in [-0.1, -0.05) is 0 Å². The second-order valence-electron chi connectivity index (χ2n) is 1.91. The van der Waals surface area contributed by atoms with Crippen LogP contribution < -0.4 is 4.89 Å². The molecule has 0 bridgehead atoms. The van der Waals surface area contributed by atoms with Crippen molar-refractivity contribution >= 4 is 19.8 Å². The maximum atomic E-state index is 10.6. The first-order valence-electron chi connectivity index (χ1n) is 2.73. The normalized spacial score (nSPS) is 12.2. The van der Waals surface area contributed by atoms with Crippen LogP contribution in [0.15, 0.2) is 0 Å². The summed E-state index contributed by atoms with van der Waals surface area (Å²) in [6, 6.07) is 0. The molecule has 10 heavy (non-hydrogen) atoms. The zero-order valence-corrected chi connectivity index (χ0v) is 6.67. The van der Waals surface area contributed by atoms with E-state index in [0.29, 0.717) is 5.80 Å². The van der Waals surface area contributed by atoms with Crippen molar-refractivity contribution in [2.24, 2.45) is 0 Å². The molecule has 1 atom stereocenters. The molecule has 0 aliphatic heterocycles. The van der Waals surface area contributed by atoms with Crippen LogP contribution >= 0.6 is 8.00 Å². The van der Waals surface area contributed by atoms with Gasteiger partial charge in [0.05, 0.1) is 0 Å². The molecule has 0 spiro atoms. The van der Waals surface area contributed by atoms with Gasteiger partial charge in [-0.15, -0.1) is 0 Å². The number of carboxylic acids is 1. The van der Waals surface area contributed by atoms with Crippen LogP contribution in [-0.4, -0.2) is 23.0 Å². The molecule has 1 unspecified atom stereocenters. The fourth-order valence-electron chi connectivity index (χ4n) is 0.328. The molecule has 0 rings (SSSR count). The quantitative estimate of drug-likeness (QED) is 0.594. The summed E-state index contributed by atoms with van der Waals surface area (Å²) in [6.07, 6.45) is -0.209. The minimum atomic E-state index is -2.13. The lowest BCUT2D eigenvalue weighted by molar-refractivity contribution is -0.174. The summed E-state index contributed by atoms with van der Waals surface area (Å²) < 4.78 is 4.63. The number of carboxylic acid groups (broad SMARTS) is 1. The summed E-state index contributed by atoms with van der Waals surface area (Å²) in [4.78, 5) is 20.4. The van der Waals surface area contributed by atoms with Crippen LogP contribution in [0.1, 0.15) is 13.8 Å². The molecule has 0 aromatic carbocycles. The van der Waals surface area contributed by atoms with Crippen molar-refractivity contribution in [3.8, 4) is 0 Å². The number of hydrogen-bond donors (Lipinski definition) is 1. The Morgan fingerprint density at radius 1 is 1.80 bits per heavy atom. The molecule has 0 aromatic rings. The SMILES string of the molecule is CC(C)O[P+]([O-])=CC(=O)O. The summed E-state index contributed by atoms with van der Waals surface area (Å²) in [5.74, 6) is -0.586. The van der Waals surface area contributed by atoms with Crippen molar-refractivity contribution < 1.29 is 19.3 Å². The zero-order chi connectivity index (χ0) is 8.15. The summed E-state index contributed by atoms with van der Waals surface area (Å²) in [6.45, 7) is 3.37. The second-order valence-corrected chi connectivity index (χ2v) is 2.95. The monoisotopic (exact) mass is 164 g/mol. The van der Waals surface area contributed by atoms with E-state index < -0.39 is 14.0 Å². The summed E-state index contributed by atoms with van der Waals surface area (Å²) in [7, 11) is -2.13. The van der Waals surface area contributed by atoms with Crippen LogP contribution in [-0.2, 0) is 9.32 Å². The van der Waals surface area contributed by atoms with Gasteiger partial charge in [0, 0.05) is 0 Å². The Bertz CT molecular complexity index is 152. The van der Waals surface area contributed by atoms with E-state index in [-0.39, 0.29) is 6.10 Å². The van der Waals surface area contributed by atoms with Gasteiger partial charge in [-0.3, -0.25) is 0 Å². The van der Waals surface area contributed by atoms with Gasteiger partial charge in [0.25, 0.3) is 0 Å². The average molecular weight is 164 g/mol. The maximum absolute atomic E-state index is 10.6. The van der Waals surface area contributed by atoms with Crippen molar-refractivity contribution in [1.29, 1.82) is 0 Å². The van der Waals surface area contributed by atoms with Crippen LogP contribution in [0.2, 0.25) is 0 Å². The Balaban J connectivity index is 3.83. The van der Waals surface area contributed by atoms with Crippen molar-refractivity contribution in [2.75, 3.05) is 0 Å². The molecule has 0 aliphatic rings. The van der Waals surface area contributed by atoms with Gasteiger partial charge >= 0.3 is 5.97 Å². The predicted molar refractivity (Wildman–Crippen MR) is 36.8 cm³/mol. The minimum Gasteiger partial charge on any atom is -0.603 e. The van der Waals surface area contributed by atoms with Gasteiger partial charge < -0.3 is 10.00 Å². The highest BCUT2D eigenvalue weighted by atomic mass is 31.1. The zero-order valence-electron chi connectivity index (χ0n) is 5.77. The van der Waals surface area contributed by atoms with Gasteiger partial charge in [0.1, 0.15) is 6.10 Å². The van der Waals surface area contributed by atoms with E-state index in [1.807, 2.05) is 0 Å². The Labute approximate surface area is 60.0 Å². The van der Waals surface area contributed by atoms with E-state index in [4.69, 9.17) is 5.11 Å². The van der Waals surface area contributed by atoms with E-state index in [0.717, 1.165) is 0 Å². The minimum absolute atomic E-state index is 0.209. The van der Waals surface area contributed by atoms with Gasteiger partial charge in [0.2, 0.25) is 13.8 Å². The maximum Gasteiger partial charge on any atom is 0.373 e. The summed E-state index contributed by atoms with van der Waals surface area (Å²) in [5, 5.41) is 8.08. The van der Waals surface area contributed by atoms with Gasteiger partial charge in [-0.25, -0.2) is 4.79 Å². The van der Waals surface area contributed by atoms with E-state index in [1.54, 1.807) is 13.8 Å². The van der Waals surface area contributed by atoms with Crippen molar-refractivity contribution in [3.63, 3.8) is 0 Å². The van der Waals surface area contributed by atoms with E-state index in [9.17, 15) is 9.69 Å². The molecular weight excluding hydrogens is 155 g/mol. The smallest absolute Gasteiger partial charge is 0.373 e. The van der Waals surface area contributed by atoms with Crippen LogP contribution in [0, 0.1) is 0 Å². The molecule has 5 heteroatoms. The first kappa shape index (κ1) is 9.56. The van der Waals surface area contributed by atoms with Crippen LogP contribution in [0.3, 0.4) is 0 Å². The molecule has 1 N–H and O–H groups in total. The first-order valence-corrected chi connectivity index (χ1v) is 3.98. The molecule has 58 valence electrons. The predicted octanol–water partition coefficient (Wildman–Crippen LogP) is -0.0296. The third-order valence-electron chi connectivity index (χ3n) is 0.531. The molecule has 0 heterocycles. The van der Waals surface area contributed by atoms with Gasteiger partial charge in [-0.2, -0.15) is 4.52 Å². The Morgan fingerprint density at radius 2 is 2.30 bits per heavy atom. The third-order valence-corrected chi connectivity index (χ3v) is 1.59. The highest BCUT2D eigenvalue weighted by Gasteiger charge is 2.04. The molecule has 0 fully saturated rings. The van der Waals surface area contributed by atoms with E-state index >= 15 is 0 Å². The van der Waals surface area contributed by atoms with E-state index in [2.05, 4.69) is 4.52 Å². The first-order chi connectivity index (χ1) is 4.52. The Morgan fingerprint density at radius 3 is 2.60 bits per heavy atom. The largest absolute Gasteiger partial charge is 0.603 e. The van der Waals surface area contributed by atoms with Crippen molar-refractivity contribution in [2.45, 2.75) is 20.0 Å². The van der Waals surface area contributed by atoms with E-state index in [1.165, 1.54) is 0 Å². The molecule has 0 radical (unpaired) electrons. The highest BCUT2D eigenvalue weighted by molar-refractivity contribution is 7.47. The third kappa shape index (κ3) is 5.69. The molecule has 0 aromatic heterocycles. The van der Waals surface area contributed by atoms with Crippen LogP contribution in [0.5, 0.6) is 0 Å². The second kappa shape index (κ2) is 4.39. The topological polar surface area (TPSA) is 69.6 Å². The van der Waals surface area contributed by atoms with Crippen molar-refractivity contribution in [3.05, 3.63) is 0 Å². The lowest BCUT2D eigenvalue weighted by atomic mass is 10.5. The number of rotatable bonds is 3. The summed E-state index contributed by atoms with van der Waals surface area (Å²) >= 11 is 0. The molecule has 0 saturated carbocycles.